The molecule has 1 amide bonds. The molecule has 5 heteroatoms. The largest absolute Gasteiger partial charge is 0.348 e. The minimum absolute atomic E-state index is 0.0234. The molecule has 0 unspecified atom stereocenters. The van der Waals surface area contributed by atoms with Crippen LogP contribution in [0.15, 0.2) is 48.7 Å². The number of benzene rings is 1. The van der Waals surface area contributed by atoms with E-state index in [1.165, 1.54) is 51.7 Å². The number of amides is 1. The van der Waals surface area contributed by atoms with Crippen LogP contribution in [0, 0.1) is 11.8 Å². The van der Waals surface area contributed by atoms with Crippen LogP contribution >= 0.6 is 0 Å². The molecule has 2 aromatic rings. The van der Waals surface area contributed by atoms with E-state index in [4.69, 9.17) is 0 Å². The standard InChI is InChI=1S/C25H34N4O/c1-28-19-23(25(30)26-17-21-8-4-2-5-9-21)24(27-28)16-20-12-14-29(15-13-20)18-22-10-6-3-7-11-22/h2-6,8-9,19-20,22H,7,10-18H2,1H3,(H,26,30)/t22-/m0/s1. The van der Waals surface area contributed by atoms with Gasteiger partial charge < -0.3 is 10.2 Å². The maximum absolute atomic E-state index is 12.8. The Morgan fingerprint density at radius 3 is 2.63 bits per heavy atom. The van der Waals surface area contributed by atoms with E-state index in [9.17, 15) is 4.79 Å². The van der Waals surface area contributed by atoms with Gasteiger partial charge in [0, 0.05) is 26.3 Å². The topological polar surface area (TPSA) is 50.2 Å². The SMILES string of the molecule is Cn1cc(C(=O)NCc2ccccc2)c(CC2CCN(C[C@H]3CC=CCC3)CC2)n1. The fraction of sp³-hybridized carbons (Fsp3) is 0.520. The zero-order valence-corrected chi connectivity index (χ0v) is 18.1. The third-order valence-corrected chi connectivity index (χ3v) is 6.53. The monoisotopic (exact) mass is 406 g/mol. The van der Waals surface area contributed by atoms with Crippen molar-refractivity contribution in [3.63, 3.8) is 0 Å². The smallest absolute Gasteiger partial charge is 0.255 e. The molecule has 0 saturated carbocycles. The first-order chi connectivity index (χ1) is 14.7. The minimum Gasteiger partial charge on any atom is -0.348 e. The second kappa shape index (κ2) is 10.1. The number of hydrogen-bond donors (Lipinski definition) is 1. The third kappa shape index (κ3) is 5.60. The van der Waals surface area contributed by atoms with Crippen LogP contribution in [-0.2, 0) is 20.0 Å². The van der Waals surface area contributed by atoms with E-state index >= 15 is 0 Å². The van der Waals surface area contributed by atoms with E-state index in [-0.39, 0.29) is 5.91 Å². The van der Waals surface area contributed by atoms with E-state index in [1.807, 2.05) is 43.6 Å². The van der Waals surface area contributed by atoms with Crippen LogP contribution in [0.5, 0.6) is 0 Å². The van der Waals surface area contributed by atoms with E-state index in [1.54, 1.807) is 4.68 Å². The average molecular weight is 407 g/mol. The maximum atomic E-state index is 12.8. The van der Waals surface area contributed by atoms with Crippen molar-refractivity contribution in [3.8, 4) is 0 Å². The molecular formula is C25H34N4O. The minimum atomic E-state index is -0.0234. The van der Waals surface area contributed by atoms with Crippen LogP contribution < -0.4 is 5.32 Å². The van der Waals surface area contributed by atoms with Gasteiger partial charge in [-0.15, -0.1) is 0 Å². The van der Waals surface area contributed by atoms with Crippen molar-refractivity contribution in [2.75, 3.05) is 19.6 Å². The molecule has 1 aromatic heterocycles. The van der Waals surface area contributed by atoms with Gasteiger partial charge in [-0.05, 0) is 69.0 Å². The number of nitrogens with zero attached hydrogens (tertiary/aromatic N) is 3. The van der Waals surface area contributed by atoms with Crippen LogP contribution in [0.3, 0.4) is 0 Å². The quantitative estimate of drug-likeness (QED) is 0.708. The highest BCUT2D eigenvalue weighted by molar-refractivity contribution is 5.95. The molecule has 1 fully saturated rings. The zero-order chi connectivity index (χ0) is 20.8. The molecule has 1 aliphatic carbocycles. The van der Waals surface area contributed by atoms with Gasteiger partial charge >= 0.3 is 0 Å². The van der Waals surface area contributed by atoms with Gasteiger partial charge in [0.2, 0.25) is 0 Å². The molecule has 1 N–H and O–H groups in total. The summed E-state index contributed by atoms with van der Waals surface area (Å²) < 4.78 is 1.78. The molecule has 2 aliphatic rings. The molecule has 1 atom stereocenters. The number of allylic oxidation sites excluding steroid dienone is 2. The van der Waals surface area contributed by atoms with Crippen molar-refractivity contribution >= 4 is 5.91 Å². The van der Waals surface area contributed by atoms with Gasteiger partial charge in [-0.25, -0.2) is 0 Å². The van der Waals surface area contributed by atoms with Crippen molar-refractivity contribution in [3.05, 3.63) is 65.5 Å². The predicted molar refractivity (Wildman–Crippen MR) is 120 cm³/mol. The van der Waals surface area contributed by atoms with Crippen LogP contribution in [0.1, 0.15) is 53.7 Å². The Hall–Kier alpha value is -2.40. The molecular weight excluding hydrogens is 372 g/mol. The summed E-state index contributed by atoms with van der Waals surface area (Å²) in [7, 11) is 1.90. The number of carbonyl (C=O) groups excluding carboxylic acids is 1. The number of carbonyl (C=O) groups is 1. The normalized spacial score (nSPS) is 20.4. The van der Waals surface area contributed by atoms with E-state index in [0.717, 1.165) is 29.2 Å². The van der Waals surface area contributed by atoms with Gasteiger partial charge in [0.05, 0.1) is 11.3 Å². The summed E-state index contributed by atoms with van der Waals surface area (Å²) in [6.07, 6.45) is 13.7. The van der Waals surface area contributed by atoms with E-state index in [0.29, 0.717) is 12.5 Å². The Morgan fingerprint density at radius 2 is 1.90 bits per heavy atom. The first kappa shape index (κ1) is 20.9. The van der Waals surface area contributed by atoms with Crippen LogP contribution in [0.4, 0.5) is 0 Å². The van der Waals surface area contributed by atoms with E-state index in [2.05, 4.69) is 27.5 Å². The van der Waals surface area contributed by atoms with Crippen molar-refractivity contribution in [2.24, 2.45) is 18.9 Å². The van der Waals surface area contributed by atoms with Crippen molar-refractivity contribution < 1.29 is 4.79 Å². The summed E-state index contributed by atoms with van der Waals surface area (Å²) in [4.78, 5) is 15.4. The van der Waals surface area contributed by atoms with E-state index < -0.39 is 0 Å². The van der Waals surface area contributed by atoms with Gasteiger partial charge in [0.1, 0.15) is 0 Å². The zero-order valence-electron chi connectivity index (χ0n) is 18.1. The molecule has 2 heterocycles. The molecule has 160 valence electrons. The second-order valence-electron chi connectivity index (χ2n) is 8.93. The lowest BCUT2D eigenvalue weighted by Crippen LogP contribution is -2.38. The predicted octanol–water partition coefficient (Wildman–Crippen LogP) is 3.96. The number of aryl methyl sites for hydroxylation is 1. The molecule has 1 saturated heterocycles. The third-order valence-electron chi connectivity index (χ3n) is 6.53. The lowest BCUT2D eigenvalue weighted by atomic mass is 9.89. The average Bonchev–Trinajstić information content (AvgIpc) is 3.15. The molecule has 1 aliphatic heterocycles. The van der Waals surface area contributed by atoms with Gasteiger partial charge in [0.25, 0.3) is 5.91 Å². The summed E-state index contributed by atoms with van der Waals surface area (Å²) in [6.45, 7) is 4.14. The Morgan fingerprint density at radius 1 is 1.10 bits per heavy atom. The van der Waals surface area contributed by atoms with Crippen molar-refractivity contribution in [1.82, 2.24) is 20.0 Å². The Kier molecular flexibility index (Phi) is 7.00. The number of hydrogen-bond acceptors (Lipinski definition) is 3. The summed E-state index contributed by atoms with van der Waals surface area (Å²) >= 11 is 0. The lowest BCUT2D eigenvalue weighted by molar-refractivity contribution is 0.0949. The number of nitrogens with one attached hydrogen (secondary N) is 1. The van der Waals surface area contributed by atoms with Crippen molar-refractivity contribution in [1.29, 1.82) is 0 Å². The Bertz CT molecular complexity index is 849. The van der Waals surface area contributed by atoms with Gasteiger partial charge in [-0.2, -0.15) is 5.10 Å². The van der Waals surface area contributed by atoms with Gasteiger partial charge in [-0.3, -0.25) is 9.48 Å². The number of aromatic nitrogens is 2. The summed E-state index contributed by atoms with van der Waals surface area (Å²) in [5.41, 5.74) is 2.78. The van der Waals surface area contributed by atoms with Crippen molar-refractivity contribution in [2.45, 2.75) is 45.1 Å². The summed E-state index contributed by atoms with van der Waals surface area (Å²) in [6, 6.07) is 10.0. The van der Waals surface area contributed by atoms with Crippen LogP contribution in [-0.4, -0.2) is 40.2 Å². The maximum Gasteiger partial charge on any atom is 0.255 e. The molecule has 5 nitrogen and oxygen atoms in total. The lowest BCUT2D eigenvalue weighted by Gasteiger charge is -2.34. The van der Waals surface area contributed by atoms with Gasteiger partial charge in [0.15, 0.2) is 0 Å². The number of piperidine rings is 1. The second-order valence-corrected chi connectivity index (χ2v) is 8.93. The fourth-order valence-electron chi connectivity index (χ4n) is 4.78. The number of rotatable bonds is 7. The molecule has 1 aromatic carbocycles. The number of likely N-dealkylation sites (tertiary alicyclic amines) is 1. The fourth-order valence-corrected chi connectivity index (χ4v) is 4.78. The molecule has 0 bridgehead atoms. The Labute approximate surface area is 180 Å². The highest BCUT2D eigenvalue weighted by Crippen LogP contribution is 2.25. The molecule has 0 radical (unpaired) electrons. The highest BCUT2D eigenvalue weighted by atomic mass is 16.1. The Balaban J connectivity index is 1.28. The first-order valence-electron chi connectivity index (χ1n) is 11.4. The highest BCUT2D eigenvalue weighted by Gasteiger charge is 2.25. The molecule has 0 spiro atoms. The summed E-state index contributed by atoms with van der Waals surface area (Å²) in [5.74, 6) is 1.43. The van der Waals surface area contributed by atoms with Crippen LogP contribution in [0.25, 0.3) is 0 Å². The van der Waals surface area contributed by atoms with Gasteiger partial charge in [-0.1, -0.05) is 42.5 Å². The van der Waals surface area contributed by atoms with Crippen LogP contribution in [0.2, 0.25) is 0 Å². The summed E-state index contributed by atoms with van der Waals surface area (Å²) in [5, 5.41) is 7.68. The first-order valence-corrected chi connectivity index (χ1v) is 11.4. The molecule has 30 heavy (non-hydrogen) atoms. The molecule has 4 rings (SSSR count).